The minimum atomic E-state index is -1.00. The molecule has 94 valence electrons. The molecule has 0 radical (unpaired) electrons. The van der Waals surface area contributed by atoms with Gasteiger partial charge < -0.3 is 0 Å². The van der Waals surface area contributed by atoms with Gasteiger partial charge in [0.05, 0.1) is 4.47 Å². The van der Waals surface area contributed by atoms with Gasteiger partial charge >= 0.3 is 0 Å². The highest BCUT2D eigenvalue weighted by molar-refractivity contribution is 9.10. The largest absolute Gasteiger partial charge is 0.294 e. The monoisotopic (exact) mass is 304 g/mol. The summed E-state index contributed by atoms with van der Waals surface area (Å²) in [5.41, 5.74) is 0.215. The van der Waals surface area contributed by atoms with Crippen molar-refractivity contribution >= 4 is 21.7 Å². The smallest absolute Gasteiger partial charge is 0.173 e. The summed E-state index contributed by atoms with van der Waals surface area (Å²) < 4.78 is 26.1. The molecule has 1 nitrogen and oxygen atoms in total. The van der Waals surface area contributed by atoms with E-state index in [1.807, 2.05) is 6.92 Å². The zero-order valence-electron chi connectivity index (χ0n) is 9.90. The molecule has 17 heavy (non-hydrogen) atoms. The molecule has 0 saturated carbocycles. The van der Waals surface area contributed by atoms with Gasteiger partial charge in [-0.3, -0.25) is 4.79 Å². The van der Waals surface area contributed by atoms with Crippen LogP contribution in [0, 0.1) is 17.6 Å². The highest BCUT2D eigenvalue weighted by Gasteiger charge is 2.18. The molecule has 1 unspecified atom stereocenters. The molecule has 1 atom stereocenters. The molecule has 0 N–H and O–H groups in total. The van der Waals surface area contributed by atoms with Crippen LogP contribution in [-0.4, -0.2) is 5.78 Å². The molecular weight excluding hydrogens is 290 g/mol. The van der Waals surface area contributed by atoms with E-state index in [4.69, 9.17) is 0 Å². The third kappa shape index (κ3) is 3.60. The van der Waals surface area contributed by atoms with Crippen molar-refractivity contribution in [3.63, 3.8) is 0 Å². The average molecular weight is 305 g/mol. The minimum absolute atomic E-state index is 0.0776. The van der Waals surface area contributed by atoms with Gasteiger partial charge in [-0.05, 0) is 34.0 Å². The van der Waals surface area contributed by atoms with E-state index >= 15 is 0 Å². The van der Waals surface area contributed by atoms with Crippen molar-refractivity contribution in [2.75, 3.05) is 0 Å². The number of Topliss-reactive ketones (excluding diaryl/α,β-unsaturated/α-hetero) is 1. The third-order valence-electron chi connectivity index (χ3n) is 2.65. The number of rotatable bonds is 5. The van der Waals surface area contributed by atoms with Crippen molar-refractivity contribution < 1.29 is 13.6 Å². The Morgan fingerprint density at radius 2 is 2.06 bits per heavy atom. The molecule has 0 fully saturated rings. The molecule has 1 aromatic rings. The van der Waals surface area contributed by atoms with E-state index in [0.29, 0.717) is 6.42 Å². The van der Waals surface area contributed by atoms with E-state index in [-0.39, 0.29) is 21.7 Å². The SMILES string of the molecule is CCCC(C)CC(=O)c1ccc(F)c(F)c1Br. The summed E-state index contributed by atoms with van der Waals surface area (Å²) in [6.07, 6.45) is 2.32. The Morgan fingerprint density at radius 3 is 2.65 bits per heavy atom. The van der Waals surface area contributed by atoms with Gasteiger partial charge in [0.1, 0.15) is 0 Å². The lowest BCUT2D eigenvalue weighted by molar-refractivity contribution is 0.0961. The Bertz CT molecular complexity index is 418. The Labute approximate surface area is 108 Å². The van der Waals surface area contributed by atoms with Crippen LogP contribution in [0.2, 0.25) is 0 Å². The molecule has 0 aliphatic carbocycles. The van der Waals surface area contributed by atoms with Crippen LogP contribution in [0.25, 0.3) is 0 Å². The standard InChI is InChI=1S/C13H15BrF2O/c1-3-4-8(2)7-11(17)9-5-6-10(15)13(16)12(9)14/h5-6,8H,3-4,7H2,1-2H3. The Balaban J connectivity index is 2.86. The van der Waals surface area contributed by atoms with E-state index in [0.717, 1.165) is 18.9 Å². The zero-order chi connectivity index (χ0) is 13.0. The van der Waals surface area contributed by atoms with Gasteiger partial charge in [0.15, 0.2) is 17.4 Å². The first-order valence-corrected chi connectivity index (χ1v) is 6.43. The molecule has 1 aromatic carbocycles. The van der Waals surface area contributed by atoms with Crippen molar-refractivity contribution in [2.24, 2.45) is 5.92 Å². The fourth-order valence-corrected chi connectivity index (χ4v) is 2.31. The maximum Gasteiger partial charge on any atom is 0.173 e. The summed E-state index contributed by atoms with van der Waals surface area (Å²) >= 11 is 2.92. The van der Waals surface area contributed by atoms with Gasteiger partial charge in [-0.2, -0.15) is 0 Å². The summed E-state index contributed by atoms with van der Waals surface area (Å²) in [7, 11) is 0. The maximum atomic E-state index is 13.3. The van der Waals surface area contributed by atoms with Gasteiger partial charge in [-0.25, -0.2) is 8.78 Å². The van der Waals surface area contributed by atoms with Crippen molar-refractivity contribution in [3.05, 3.63) is 33.8 Å². The summed E-state index contributed by atoms with van der Waals surface area (Å²) in [4.78, 5) is 11.9. The van der Waals surface area contributed by atoms with Crippen LogP contribution in [0.3, 0.4) is 0 Å². The third-order valence-corrected chi connectivity index (χ3v) is 3.43. The number of carbonyl (C=O) groups excluding carboxylic acids is 1. The van der Waals surface area contributed by atoms with E-state index in [2.05, 4.69) is 22.9 Å². The number of carbonyl (C=O) groups is 1. The van der Waals surface area contributed by atoms with Crippen molar-refractivity contribution in [1.82, 2.24) is 0 Å². The molecule has 4 heteroatoms. The van der Waals surface area contributed by atoms with E-state index in [9.17, 15) is 13.6 Å². The van der Waals surface area contributed by atoms with Crippen molar-refractivity contribution in [2.45, 2.75) is 33.1 Å². The molecule has 1 rings (SSSR count). The molecule has 0 aromatic heterocycles. The second kappa shape index (κ2) is 6.24. The number of benzene rings is 1. The molecule has 0 amide bonds. The number of hydrogen-bond donors (Lipinski definition) is 0. The van der Waals surface area contributed by atoms with Crippen LogP contribution in [-0.2, 0) is 0 Å². The lowest BCUT2D eigenvalue weighted by atomic mass is 9.96. The summed E-state index contributed by atoms with van der Waals surface area (Å²) in [6.45, 7) is 4.03. The summed E-state index contributed by atoms with van der Waals surface area (Å²) in [5.74, 6) is -1.85. The van der Waals surface area contributed by atoms with Crippen LogP contribution < -0.4 is 0 Å². The van der Waals surface area contributed by atoms with Crippen LogP contribution in [0.15, 0.2) is 16.6 Å². The Morgan fingerprint density at radius 1 is 1.41 bits per heavy atom. The van der Waals surface area contributed by atoms with Crippen LogP contribution in [0.5, 0.6) is 0 Å². The fraction of sp³-hybridized carbons (Fsp3) is 0.462. The predicted molar refractivity (Wildman–Crippen MR) is 67.1 cm³/mol. The molecule has 0 spiro atoms. The summed E-state index contributed by atoms with van der Waals surface area (Å²) in [5, 5.41) is 0. The Kier molecular flexibility index (Phi) is 5.25. The lowest BCUT2D eigenvalue weighted by Gasteiger charge is -2.10. The zero-order valence-corrected chi connectivity index (χ0v) is 11.5. The first-order chi connectivity index (χ1) is 7.97. The van der Waals surface area contributed by atoms with Crippen LogP contribution >= 0.6 is 15.9 Å². The number of ketones is 1. The van der Waals surface area contributed by atoms with E-state index < -0.39 is 11.6 Å². The summed E-state index contributed by atoms with van der Waals surface area (Å²) in [6, 6.07) is 2.31. The molecule has 0 aliphatic heterocycles. The van der Waals surface area contributed by atoms with Gasteiger partial charge in [0, 0.05) is 12.0 Å². The molecular formula is C13H15BrF2O. The highest BCUT2D eigenvalue weighted by Crippen LogP contribution is 2.25. The topological polar surface area (TPSA) is 17.1 Å². The molecule has 0 aliphatic rings. The fourth-order valence-electron chi connectivity index (χ4n) is 1.76. The molecule has 0 saturated heterocycles. The first kappa shape index (κ1) is 14.3. The van der Waals surface area contributed by atoms with E-state index in [1.165, 1.54) is 6.07 Å². The van der Waals surface area contributed by atoms with Crippen molar-refractivity contribution in [1.29, 1.82) is 0 Å². The van der Waals surface area contributed by atoms with Crippen LogP contribution in [0.1, 0.15) is 43.5 Å². The second-order valence-corrected chi connectivity index (χ2v) is 5.04. The minimum Gasteiger partial charge on any atom is -0.294 e. The van der Waals surface area contributed by atoms with Gasteiger partial charge in [-0.15, -0.1) is 0 Å². The molecule has 0 heterocycles. The average Bonchev–Trinajstić information content (AvgIpc) is 2.26. The number of hydrogen-bond acceptors (Lipinski definition) is 1. The first-order valence-electron chi connectivity index (χ1n) is 5.64. The van der Waals surface area contributed by atoms with Gasteiger partial charge in [-0.1, -0.05) is 26.7 Å². The van der Waals surface area contributed by atoms with Gasteiger partial charge in [0.25, 0.3) is 0 Å². The quantitative estimate of drug-likeness (QED) is 0.567. The van der Waals surface area contributed by atoms with Gasteiger partial charge in [0.2, 0.25) is 0 Å². The number of halogens is 3. The second-order valence-electron chi connectivity index (χ2n) is 4.24. The normalized spacial score (nSPS) is 12.5. The predicted octanol–water partition coefficient (Wildman–Crippen LogP) is 4.74. The lowest BCUT2D eigenvalue weighted by Crippen LogP contribution is -2.08. The maximum absolute atomic E-state index is 13.3. The highest BCUT2D eigenvalue weighted by atomic mass is 79.9. The van der Waals surface area contributed by atoms with E-state index in [1.54, 1.807) is 0 Å². The van der Waals surface area contributed by atoms with Crippen molar-refractivity contribution in [3.8, 4) is 0 Å². The van der Waals surface area contributed by atoms with Crippen LogP contribution in [0.4, 0.5) is 8.78 Å². The molecule has 0 bridgehead atoms. The Hall–Kier alpha value is -0.770.